The second-order valence-electron chi connectivity index (χ2n) is 3.11. The lowest BCUT2D eigenvalue weighted by Crippen LogP contribution is -2.33. The van der Waals surface area contributed by atoms with Gasteiger partial charge in [-0.25, -0.2) is 0 Å². The van der Waals surface area contributed by atoms with Crippen molar-refractivity contribution in [3.05, 3.63) is 50.3 Å². The van der Waals surface area contributed by atoms with Gasteiger partial charge in [-0.15, -0.1) is 10.2 Å². The van der Waals surface area contributed by atoms with E-state index in [1.54, 1.807) is 31.4 Å². The molecular weight excluding hydrogens is 224 g/mol. The third-order valence-electron chi connectivity index (χ3n) is 2.02. The number of anilines is 1. The predicted octanol–water partition coefficient (Wildman–Crippen LogP) is -0.991. The van der Waals surface area contributed by atoms with E-state index in [1.165, 1.54) is 0 Å². The first-order valence-electron chi connectivity index (χ1n) is 4.69. The average Bonchev–Trinajstić information content (AvgIpc) is 2.67. The third kappa shape index (κ3) is 2.33. The van der Waals surface area contributed by atoms with Crippen LogP contribution in [0.4, 0.5) is 5.69 Å². The number of nitrogens with zero attached hydrogens (tertiary/aromatic N) is 3. The molecule has 0 aliphatic carbocycles. The second kappa shape index (κ2) is 4.52. The second-order valence-corrected chi connectivity index (χ2v) is 3.11. The molecule has 0 spiro atoms. The van der Waals surface area contributed by atoms with Gasteiger partial charge in [0.25, 0.3) is 0 Å². The van der Waals surface area contributed by atoms with Crippen molar-refractivity contribution < 1.29 is 4.74 Å². The number of hydrogen-bond donors (Lipinski definition) is 1. The van der Waals surface area contributed by atoms with Crippen LogP contribution in [0, 0.1) is 0 Å². The van der Waals surface area contributed by atoms with E-state index in [0.29, 0.717) is 11.4 Å². The molecular formula is C10H8N4O3. The Morgan fingerprint density at radius 2 is 1.71 bits per heavy atom. The fourth-order valence-corrected chi connectivity index (χ4v) is 1.16. The molecule has 1 N–H and O–H groups in total. The molecule has 2 aromatic rings. The summed E-state index contributed by atoms with van der Waals surface area (Å²) in [5.41, 5.74) is 1.71. The molecule has 7 heteroatoms. The number of hydrogen-bond acceptors (Lipinski definition) is 7. The Labute approximate surface area is 95.1 Å². The van der Waals surface area contributed by atoms with Crippen molar-refractivity contribution in [3.63, 3.8) is 0 Å². The molecule has 0 aliphatic rings. The van der Waals surface area contributed by atoms with Crippen molar-refractivity contribution in [2.75, 3.05) is 12.5 Å². The minimum atomic E-state index is -0.740. The van der Waals surface area contributed by atoms with Gasteiger partial charge in [-0.05, 0) is 24.3 Å². The molecule has 0 saturated carbocycles. The van der Waals surface area contributed by atoms with Crippen molar-refractivity contribution >= 4 is 5.69 Å². The standard InChI is InChI=1S/C10H8N4O3/c1-17-7-4-2-6(3-5-7)11-12-8-9(15)13-14-10(8)16/h2-5,11H,1H3. The molecule has 0 atom stereocenters. The normalized spacial score (nSPS) is 9.94. The van der Waals surface area contributed by atoms with Crippen LogP contribution in [-0.4, -0.2) is 17.3 Å². The Morgan fingerprint density at radius 1 is 1.12 bits per heavy atom. The monoisotopic (exact) mass is 232 g/mol. The number of benzene rings is 1. The number of aromatic nitrogens is 2. The topological polar surface area (TPSA) is 93.5 Å². The van der Waals surface area contributed by atoms with E-state index in [2.05, 4.69) is 20.7 Å². The van der Waals surface area contributed by atoms with Crippen LogP contribution in [0.3, 0.4) is 0 Å². The highest BCUT2D eigenvalue weighted by Crippen LogP contribution is 2.14. The van der Waals surface area contributed by atoms with Crippen LogP contribution in [0.2, 0.25) is 0 Å². The Balaban J connectivity index is 2.25. The summed E-state index contributed by atoms with van der Waals surface area (Å²) >= 11 is 0. The zero-order chi connectivity index (χ0) is 12.3. The van der Waals surface area contributed by atoms with Crippen LogP contribution in [0.25, 0.3) is 0 Å². The highest BCUT2D eigenvalue weighted by Gasteiger charge is 2.01. The molecule has 0 saturated heterocycles. The minimum absolute atomic E-state index is 0.319. The zero-order valence-electron chi connectivity index (χ0n) is 8.88. The molecule has 86 valence electrons. The summed E-state index contributed by atoms with van der Waals surface area (Å²) in [5.74, 6) is 0.696. The molecule has 0 aliphatic heterocycles. The quantitative estimate of drug-likeness (QED) is 0.683. The first-order valence-corrected chi connectivity index (χ1v) is 4.69. The fraction of sp³-hybridized carbons (Fsp3) is 0.100. The summed E-state index contributed by atoms with van der Waals surface area (Å²) in [6.45, 7) is 0. The summed E-state index contributed by atoms with van der Waals surface area (Å²) in [6, 6.07) is 6.83. The van der Waals surface area contributed by atoms with E-state index in [-0.39, 0.29) is 5.36 Å². The maximum Gasteiger partial charge on any atom is 0.321 e. The summed E-state index contributed by atoms with van der Waals surface area (Å²) < 4.78 is 4.98. The van der Waals surface area contributed by atoms with Gasteiger partial charge in [0.2, 0.25) is 5.36 Å². The van der Waals surface area contributed by atoms with Gasteiger partial charge in [0.05, 0.1) is 12.8 Å². The fourth-order valence-electron chi connectivity index (χ4n) is 1.16. The highest BCUT2D eigenvalue weighted by atomic mass is 16.5. The van der Waals surface area contributed by atoms with Crippen molar-refractivity contribution in [1.29, 1.82) is 0 Å². The molecule has 2 rings (SSSR count). The van der Waals surface area contributed by atoms with Crippen LogP contribution >= 0.6 is 0 Å². The third-order valence-corrected chi connectivity index (χ3v) is 2.02. The summed E-state index contributed by atoms with van der Waals surface area (Å²) in [4.78, 5) is 22.1. The van der Waals surface area contributed by atoms with Crippen LogP contribution in [-0.2, 0) is 0 Å². The Hall–Kier alpha value is -2.57. The molecule has 0 bridgehead atoms. The van der Waals surface area contributed by atoms with E-state index >= 15 is 0 Å². The van der Waals surface area contributed by atoms with Crippen molar-refractivity contribution in [2.45, 2.75) is 0 Å². The molecule has 0 unspecified atom stereocenters. The minimum Gasteiger partial charge on any atom is -0.497 e. The van der Waals surface area contributed by atoms with Crippen molar-refractivity contribution in [3.8, 4) is 5.75 Å². The zero-order valence-corrected chi connectivity index (χ0v) is 8.88. The van der Waals surface area contributed by atoms with Gasteiger partial charge in [-0.2, -0.15) is 5.10 Å². The van der Waals surface area contributed by atoms with E-state index < -0.39 is 11.1 Å². The predicted molar refractivity (Wildman–Crippen MR) is 59.1 cm³/mol. The number of nitrogens with one attached hydrogen (secondary N) is 1. The van der Waals surface area contributed by atoms with Crippen molar-refractivity contribution in [1.82, 2.24) is 10.2 Å². The first-order chi connectivity index (χ1) is 8.20. The van der Waals surface area contributed by atoms with Gasteiger partial charge in [-0.1, -0.05) is 0 Å². The Kier molecular flexibility index (Phi) is 2.91. The summed E-state index contributed by atoms with van der Waals surface area (Å²) in [6.07, 6.45) is 0. The number of rotatable bonds is 3. The highest BCUT2D eigenvalue weighted by molar-refractivity contribution is 5.45. The lowest BCUT2D eigenvalue weighted by Gasteiger charge is -2.01. The molecule has 1 aromatic carbocycles. The van der Waals surface area contributed by atoms with Crippen LogP contribution in [0.5, 0.6) is 5.75 Å². The molecule has 7 nitrogen and oxygen atoms in total. The van der Waals surface area contributed by atoms with Gasteiger partial charge in [0.15, 0.2) is 0 Å². The number of methoxy groups -OCH3 is 1. The number of ether oxygens (including phenoxy) is 1. The maximum absolute atomic E-state index is 11.0. The first kappa shape index (κ1) is 10.9. The molecule has 1 aromatic heterocycles. The average molecular weight is 232 g/mol. The van der Waals surface area contributed by atoms with E-state index in [0.717, 1.165) is 0 Å². The van der Waals surface area contributed by atoms with Gasteiger partial charge in [-0.3, -0.25) is 15.0 Å². The van der Waals surface area contributed by atoms with Gasteiger partial charge >= 0.3 is 11.1 Å². The van der Waals surface area contributed by atoms with Crippen LogP contribution < -0.4 is 26.6 Å². The van der Waals surface area contributed by atoms with E-state index in [4.69, 9.17) is 4.74 Å². The molecule has 0 radical (unpaired) electrons. The maximum atomic E-state index is 11.0. The largest absolute Gasteiger partial charge is 0.497 e. The molecule has 0 amide bonds. The smallest absolute Gasteiger partial charge is 0.321 e. The summed E-state index contributed by atoms with van der Waals surface area (Å²) in [5, 5.41) is 9.50. The SMILES string of the molecule is COc1ccc(NN=c2c(=O)nnc2=O)cc1. The lowest BCUT2D eigenvalue weighted by atomic mass is 10.3. The van der Waals surface area contributed by atoms with Gasteiger partial charge in [0, 0.05) is 0 Å². The summed E-state index contributed by atoms with van der Waals surface area (Å²) in [7, 11) is 1.56. The Bertz CT molecular complexity index is 626. The Morgan fingerprint density at radius 3 is 2.24 bits per heavy atom. The molecule has 1 heterocycles. The molecule has 0 fully saturated rings. The lowest BCUT2D eigenvalue weighted by molar-refractivity contribution is 0.415. The van der Waals surface area contributed by atoms with Crippen molar-refractivity contribution in [2.24, 2.45) is 5.10 Å². The van der Waals surface area contributed by atoms with E-state index in [9.17, 15) is 9.59 Å². The van der Waals surface area contributed by atoms with Gasteiger partial charge < -0.3 is 4.74 Å². The molecule has 17 heavy (non-hydrogen) atoms. The van der Waals surface area contributed by atoms with Crippen LogP contribution in [0.1, 0.15) is 0 Å². The van der Waals surface area contributed by atoms with Gasteiger partial charge in [0.1, 0.15) is 5.75 Å². The van der Waals surface area contributed by atoms with Crippen LogP contribution in [0.15, 0.2) is 39.0 Å². The van der Waals surface area contributed by atoms with E-state index in [1.807, 2.05) is 0 Å².